The van der Waals surface area contributed by atoms with E-state index in [2.05, 4.69) is 69.6 Å². The summed E-state index contributed by atoms with van der Waals surface area (Å²) in [7, 11) is 0. The predicted octanol–water partition coefficient (Wildman–Crippen LogP) is 4.97. The third-order valence-corrected chi connectivity index (χ3v) is 6.86. The molecular formula is C29H32N6O2. The summed E-state index contributed by atoms with van der Waals surface area (Å²) >= 11 is 0. The molecule has 1 N–H and O–H groups in total. The Morgan fingerprint density at radius 3 is 2.68 bits per heavy atom. The van der Waals surface area contributed by atoms with Crippen molar-refractivity contribution in [1.29, 1.82) is 0 Å². The van der Waals surface area contributed by atoms with Crippen LogP contribution in [0.15, 0.2) is 76.1 Å². The highest BCUT2D eigenvalue weighted by Gasteiger charge is 2.26. The second kappa shape index (κ2) is 10.9. The van der Waals surface area contributed by atoms with Crippen LogP contribution in [0.4, 0.5) is 0 Å². The number of nitrogens with zero attached hydrogens (tertiary/aromatic N) is 5. The SMILES string of the molecule is CC[C@@H](c1nnnn1Cc1ccco1)N(CCc1ccccc1)Cc1cc2c(C)cc(C)cc2[nH]c1=O. The average molecular weight is 497 g/mol. The van der Waals surface area contributed by atoms with Crippen molar-refractivity contribution in [2.45, 2.75) is 52.7 Å². The number of H-pyrrole nitrogens is 1. The topological polar surface area (TPSA) is 92.8 Å². The minimum absolute atomic E-state index is 0.0627. The van der Waals surface area contributed by atoms with Gasteiger partial charge >= 0.3 is 0 Å². The van der Waals surface area contributed by atoms with Crippen molar-refractivity contribution in [3.8, 4) is 0 Å². The molecule has 0 fully saturated rings. The van der Waals surface area contributed by atoms with Crippen LogP contribution in [0.2, 0.25) is 0 Å². The van der Waals surface area contributed by atoms with E-state index < -0.39 is 0 Å². The molecule has 5 aromatic rings. The number of furan rings is 1. The van der Waals surface area contributed by atoms with Gasteiger partial charge in [0, 0.05) is 29.6 Å². The van der Waals surface area contributed by atoms with Gasteiger partial charge in [-0.05, 0) is 78.1 Å². The third kappa shape index (κ3) is 5.54. The zero-order chi connectivity index (χ0) is 25.8. The lowest BCUT2D eigenvalue weighted by atomic mass is 10.0. The fourth-order valence-electron chi connectivity index (χ4n) is 5.03. The molecule has 2 aromatic carbocycles. The lowest BCUT2D eigenvalue weighted by Gasteiger charge is -2.30. The first-order chi connectivity index (χ1) is 18.0. The van der Waals surface area contributed by atoms with Crippen molar-refractivity contribution in [1.82, 2.24) is 30.1 Å². The Balaban J connectivity index is 1.50. The number of tetrazole rings is 1. The molecule has 8 nitrogen and oxygen atoms in total. The summed E-state index contributed by atoms with van der Waals surface area (Å²) in [5, 5.41) is 13.7. The maximum absolute atomic E-state index is 13.2. The van der Waals surface area contributed by atoms with Crippen LogP contribution in [0.25, 0.3) is 10.9 Å². The van der Waals surface area contributed by atoms with E-state index in [9.17, 15) is 4.79 Å². The molecule has 0 aliphatic carbocycles. The van der Waals surface area contributed by atoms with Crippen LogP contribution in [0.3, 0.4) is 0 Å². The summed E-state index contributed by atoms with van der Waals surface area (Å²) in [4.78, 5) is 18.6. The zero-order valence-corrected chi connectivity index (χ0v) is 21.5. The molecule has 0 amide bonds. The highest BCUT2D eigenvalue weighted by Crippen LogP contribution is 2.26. The summed E-state index contributed by atoms with van der Waals surface area (Å²) < 4.78 is 7.33. The smallest absolute Gasteiger partial charge is 0.252 e. The Bertz CT molecular complexity index is 1520. The van der Waals surface area contributed by atoms with E-state index in [4.69, 9.17) is 4.42 Å². The normalized spacial score (nSPS) is 12.4. The fraction of sp³-hybridized carbons (Fsp3) is 0.310. The molecule has 190 valence electrons. The molecule has 0 saturated heterocycles. The fourth-order valence-corrected chi connectivity index (χ4v) is 5.03. The van der Waals surface area contributed by atoms with Gasteiger partial charge in [0.25, 0.3) is 5.56 Å². The Hall–Kier alpha value is -4.04. The van der Waals surface area contributed by atoms with E-state index in [1.807, 2.05) is 37.3 Å². The number of hydrogen-bond acceptors (Lipinski definition) is 6. The molecule has 0 saturated carbocycles. The van der Waals surface area contributed by atoms with Crippen LogP contribution in [-0.2, 0) is 19.5 Å². The molecule has 1 atom stereocenters. The van der Waals surface area contributed by atoms with Gasteiger partial charge < -0.3 is 9.40 Å². The molecule has 37 heavy (non-hydrogen) atoms. The number of fused-ring (bicyclic) bond motifs is 1. The van der Waals surface area contributed by atoms with Gasteiger partial charge in [-0.3, -0.25) is 9.69 Å². The molecule has 5 rings (SSSR count). The van der Waals surface area contributed by atoms with Crippen molar-refractivity contribution >= 4 is 10.9 Å². The number of aryl methyl sites for hydroxylation is 2. The maximum atomic E-state index is 13.2. The number of aromatic nitrogens is 5. The molecule has 0 radical (unpaired) electrons. The van der Waals surface area contributed by atoms with Crippen LogP contribution >= 0.6 is 0 Å². The number of hydrogen-bond donors (Lipinski definition) is 1. The molecule has 0 unspecified atom stereocenters. The van der Waals surface area contributed by atoms with Gasteiger partial charge in [0.15, 0.2) is 5.82 Å². The van der Waals surface area contributed by atoms with Crippen LogP contribution < -0.4 is 5.56 Å². The van der Waals surface area contributed by atoms with Crippen molar-refractivity contribution in [3.63, 3.8) is 0 Å². The number of aromatic amines is 1. The lowest BCUT2D eigenvalue weighted by Crippen LogP contribution is -2.34. The van der Waals surface area contributed by atoms with E-state index >= 15 is 0 Å². The van der Waals surface area contributed by atoms with Gasteiger partial charge in [-0.25, -0.2) is 4.68 Å². The standard InChI is InChI=1S/C29H32N6O2/c1-4-27(28-31-32-33-35(28)19-24-11-8-14-37-24)34(13-12-22-9-6-5-7-10-22)18-23-17-25-21(3)15-20(2)16-26(25)30-29(23)36/h5-11,14-17,27H,4,12-13,18-19H2,1-3H3,(H,30,36)/t27-/m0/s1. The van der Waals surface area contributed by atoms with Gasteiger partial charge in [0.2, 0.25) is 0 Å². The highest BCUT2D eigenvalue weighted by molar-refractivity contribution is 5.83. The van der Waals surface area contributed by atoms with Gasteiger partial charge in [-0.15, -0.1) is 5.10 Å². The number of rotatable bonds is 10. The highest BCUT2D eigenvalue weighted by atomic mass is 16.3. The monoisotopic (exact) mass is 496 g/mol. The molecule has 0 spiro atoms. The summed E-state index contributed by atoms with van der Waals surface area (Å²) in [6.45, 7) is 7.94. The molecule has 3 heterocycles. The van der Waals surface area contributed by atoms with Crippen LogP contribution in [0.5, 0.6) is 0 Å². The molecule has 3 aromatic heterocycles. The largest absolute Gasteiger partial charge is 0.467 e. The van der Waals surface area contributed by atoms with E-state index in [1.54, 1.807) is 10.9 Å². The lowest BCUT2D eigenvalue weighted by molar-refractivity contribution is 0.172. The van der Waals surface area contributed by atoms with Crippen LogP contribution in [-0.4, -0.2) is 36.6 Å². The number of nitrogens with one attached hydrogen (secondary N) is 1. The summed E-state index contributed by atoms with van der Waals surface area (Å²) in [5.41, 5.74) is 5.07. The minimum atomic E-state index is -0.0807. The summed E-state index contributed by atoms with van der Waals surface area (Å²) in [5.74, 6) is 1.55. The molecule has 0 aliphatic heterocycles. The van der Waals surface area contributed by atoms with Gasteiger partial charge in [-0.1, -0.05) is 43.3 Å². The van der Waals surface area contributed by atoms with E-state index in [0.29, 0.717) is 13.1 Å². The van der Waals surface area contributed by atoms with Crippen molar-refractivity contribution in [3.05, 3.63) is 111 Å². The van der Waals surface area contributed by atoms with Gasteiger partial charge in [-0.2, -0.15) is 0 Å². The first kappa shape index (κ1) is 24.6. The maximum Gasteiger partial charge on any atom is 0.252 e. The van der Waals surface area contributed by atoms with E-state index in [0.717, 1.165) is 58.6 Å². The van der Waals surface area contributed by atoms with Crippen molar-refractivity contribution in [2.75, 3.05) is 6.54 Å². The Morgan fingerprint density at radius 2 is 1.92 bits per heavy atom. The van der Waals surface area contributed by atoms with E-state index in [1.165, 1.54) is 5.56 Å². The Kier molecular flexibility index (Phi) is 7.28. The molecule has 0 bridgehead atoms. The molecule has 0 aliphatic rings. The van der Waals surface area contributed by atoms with Gasteiger partial charge in [0.1, 0.15) is 12.3 Å². The molecular weight excluding hydrogens is 464 g/mol. The first-order valence-electron chi connectivity index (χ1n) is 12.7. The zero-order valence-electron chi connectivity index (χ0n) is 21.5. The summed E-state index contributed by atoms with van der Waals surface area (Å²) in [6.07, 6.45) is 3.29. The second-order valence-corrected chi connectivity index (χ2v) is 9.57. The third-order valence-electron chi connectivity index (χ3n) is 6.86. The second-order valence-electron chi connectivity index (χ2n) is 9.57. The first-order valence-corrected chi connectivity index (χ1v) is 12.7. The Morgan fingerprint density at radius 1 is 1.08 bits per heavy atom. The summed E-state index contributed by atoms with van der Waals surface area (Å²) in [6, 6.07) is 20.3. The van der Waals surface area contributed by atoms with Gasteiger partial charge in [0.05, 0.1) is 12.3 Å². The van der Waals surface area contributed by atoms with Crippen LogP contribution in [0.1, 0.15) is 53.2 Å². The van der Waals surface area contributed by atoms with E-state index in [-0.39, 0.29) is 11.6 Å². The number of benzene rings is 2. The molecule has 8 heteroatoms. The Labute approximate surface area is 215 Å². The minimum Gasteiger partial charge on any atom is -0.467 e. The predicted molar refractivity (Wildman–Crippen MR) is 143 cm³/mol. The van der Waals surface area contributed by atoms with Crippen LogP contribution in [0, 0.1) is 13.8 Å². The average Bonchev–Trinajstić information content (AvgIpc) is 3.57. The quantitative estimate of drug-likeness (QED) is 0.294. The van der Waals surface area contributed by atoms with Crippen molar-refractivity contribution < 1.29 is 4.42 Å². The number of pyridine rings is 1. The van der Waals surface area contributed by atoms with Crippen molar-refractivity contribution in [2.24, 2.45) is 0 Å².